The second kappa shape index (κ2) is 10.3. The van der Waals surface area contributed by atoms with E-state index >= 15 is 0 Å². The van der Waals surface area contributed by atoms with Gasteiger partial charge in [-0.2, -0.15) is 10.5 Å². The first-order valence-electron chi connectivity index (χ1n) is 12.8. The van der Waals surface area contributed by atoms with Gasteiger partial charge in [-0.1, -0.05) is 30.3 Å². The van der Waals surface area contributed by atoms with Crippen LogP contribution in [0, 0.1) is 28.6 Å². The topological polar surface area (TPSA) is 140 Å². The minimum atomic E-state index is -3.58. The van der Waals surface area contributed by atoms with Crippen LogP contribution < -0.4 is 5.32 Å². The summed E-state index contributed by atoms with van der Waals surface area (Å²) >= 11 is 0. The van der Waals surface area contributed by atoms with Crippen molar-refractivity contribution in [3.63, 3.8) is 0 Å². The Hall–Kier alpha value is -3.89. The lowest BCUT2D eigenvalue weighted by Gasteiger charge is -2.38. The van der Waals surface area contributed by atoms with Gasteiger partial charge in [0, 0.05) is 19.2 Å². The number of nitriles is 2. The number of likely N-dealkylation sites (tertiary alicyclic amines) is 1. The van der Waals surface area contributed by atoms with E-state index in [1.54, 1.807) is 39.0 Å². The third-order valence-corrected chi connectivity index (χ3v) is 8.41. The lowest BCUT2D eigenvalue weighted by atomic mass is 9.94. The van der Waals surface area contributed by atoms with E-state index in [9.17, 15) is 28.5 Å². The number of ether oxygens (including phenoxy) is 1. The molecule has 1 N–H and O–H groups in total. The molecule has 2 aromatic carbocycles. The molecule has 204 valence electrons. The number of nitrogens with zero attached hydrogens (tertiary/aromatic N) is 3. The predicted molar refractivity (Wildman–Crippen MR) is 144 cm³/mol. The number of benzene rings is 2. The van der Waals surface area contributed by atoms with Gasteiger partial charge in [-0.25, -0.2) is 13.2 Å². The molecule has 1 saturated carbocycles. The van der Waals surface area contributed by atoms with Crippen molar-refractivity contribution in [2.45, 2.75) is 68.5 Å². The van der Waals surface area contributed by atoms with Crippen LogP contribution in [0.1, 0.15) is 51.2 Å². The monoisotopic (exact) mass is 548 g/mol. The fraction of sp³-hybridized carbons (Fsp3) is 0.448. The van der Waals surface area contributed by atoms with E-state index in [0.29, 0.717) is 24.9 Å². The van der Waals surface area contributed by atoms with Gasteiger partial charge in [-0.3, -0.25) is 9.69 Å². The van der Waals surface area contributed by atoms with Crippen molar-refractivity contribution in [3.8, 4) is 23.3 Å². The molecule has 2 bridgehead atoms. The van der Waals surface area contributed by atoms with Crippen molar-refractivity contribution in [1.82, 2.24) is 10.2 Å². The van der Waals surface area contributed by atoms with E-state index in [1.807, 2.05) is 18.2 Å². The molecule has 10 heteroatoms. The molecular weight excluding hydrogens is 516 g/mol. The van der Waals surface area contributed by atoms with Crippen LogP contribution in [-0.2, 0) is 25.8 Å². The highest BCUT2D eigenvalue weighted by Crippen LogP contribution is 2.47. The maximum Gasteiger partial charge on any atom is 0.411 e. The van der Waals surface area contributed by atoms with E-state index < -0.39 is 33.1 Å². The summed E-state index contributed by atoms with van der Waals surface area (Å²) in [6.07, 6.45) is 2.76. The number of amides is 2. The lowest BCUT2D eigenvalue weighted by molar-refractivity contribution is -0.132. The summed E-state index contributed by atoms with van der Waals surface area (Å²) in [5.74, 6) is -0.0933. The summed E-state index contributed by atoms with van der Waals surface area (Å²) in [5.41, 5.74) is 0.608. The molecule has 1 aliphatic heterocycles. The Morgan fingerprint density at radius 2 is 1.82 bits per heavy atom. The molecule has 1 saturated heterocycles. The summed E-state index contributed by atoms with van der Waals surface area (Å²) in [7, 11) is -3.58. The van der Waals surface area contributed by atoms with Crippen molar-refractivity contribution >= 4 is 21.8 Å². The zero-order valence-corrected chi connectivity index (χ0v) is 23.3. The number of sulfone groups is 1. The van der Waals surface area contributed by atoms with E-state index in [0.717, 1.165) is 23.8 Å². The fourth-order valence-corrected chi connectivity index (χ4v) is 6.30. The molecule has 0 spiro atoms. The minimum absolute atomic E-state index is 0.0281. The van der Waals surface area contributed by atoms with Gasteiger partial charge in [0.15, 0.2) is 9.84 Å². The number of hydrogen-bond donors (Lipinski definition) is 1. The van der Waals surface area contributed by atoms with Gasteiger partial charge in [0.2, 0.25) is 5.91 Å². The van der Waals surface area contributed by atoms with Crippen LogP contribution in [0.3, 0.4) is 0 Å². The number of carbonyl (C=O) groups is 2. The van der Waals surface area contributed by atoms with E-state index in [4.69, 9.17) is 4.74 Å². The van der Waals surface area contributed by atoms with Crippen LogP contribution in [0.4, 0.5) is 4.79 Å². The molecule has 3 atom stereocenters. The summed E-state index contributed by atoms with van der Waals surface area (Å²) in [4.78, 5) is 27.9. The van der Waals surface area contributed by atoms with Crippen molar-refractivity contribution in [1.29, 1.82) is 10.5 Å². The first-order chi connectivity index (χ1) is 18.3. The lowest BCUT2D eigenvalue weighted by Crippen LogP contribution is -2.59. The first kappa shape index (κ1) is 28.1. The third-order valence-electron chi connectivity index (χ3n) is 7.28. The van der Waals surface area contributed by atoms with Gasteiger partial charge in [-0.15, -0.1) is 0 Å². The van der Waals surface area contributed by atoms with E-state index in [1.165, 1.54) is 17.0 Å². The minimum Gasteiger partial charge on any atom is -0.444 e. The summed E-state index contributed by atoms with van der Waals surface area (Å²) in [6, 6.07) is 15.2. The largest absolute Gasteiger partial charge is 0.444 e. The van der Waals surface area contributed by atoms with Crippen LogP contribution >= 0.6 is 0 Å². The number of hydrogen-bond acceptors (Lipinski definition) is 7. The maximum absolute atomic E-state index is 13.5. The summed E-state index contributed by atoms with van der Waals surface area (Å²) in [5, 5.41) is 21.9. The highest BCUT2D eigenvalue weighted by Gasteiger charge is 2.58. The fourth-order valence-electron chi connectivity index (χ4n) is 5.45. The van der Waals surface area contributed by atoms with Gasteiger partial charge in [-0.05, 0) is 74.8 Å². The molecule has 2 amide bonds. The molecule has 0 aromatic heterocycles. The van der Waals surface area contributed by atoms with Crippen molar-refractivity contribution in [2.24, 2.45) is 5.92 Å². The molecular formula is C29H32N4O5S. The number of rotatable bonds is 6. The molecule has 2 aromatic rings. The second-order valence-electron chi connectivity index (χ2n) is 11.4. The first-order valence-corrected chi connectivity index (χ1v) is 14.7. The average Bonchev–Trinajstić information content (AvgIpc) is 3.47. The van der Waals surface area contributed by atoms with Crippen LogP contribution in [-0.4, -0.2) is 55.3 Å². The van der Waals surface area contributed by atoms with Crippen molar-refractivity contribution in [2.75, 3.05) is 12.8 Å². The second-order valence-corrected chi connectivity index (χ2v) is 13.4. The van der Waals surface area contributed by atoms with Gasteiger partial charge >= 0.3 is 6.09 Å². The smallest absolute Gasteiger partial charge is 0.411 e. The Kier molecular flexibility index (Phi) is 7.46. The van der Waals surface area contributed by atoms with Crippen LogP contribution in [0.15, 0.2) is 47.4 Å². The number of fused-ring (bicyclic) bond motifs is 2. The molecule has 4 rings (SSSR count). The predicted octanol–water partition coefficient (Wildman–Crippen LogP) is 3.97. The Labute approximate surface area is 229 Å². The maximum atomic E-state index is 13.5. The molecule has 1 heterocycles. The zero-order valence-electron chi connectivity index (χ0n) is 22.5. The molecule has 2 fully saturated rings. The van der Waals surface area contributed by atoms with Crippen molar-refractivity contribution in [3.05, 3.63) is 53.6 Å². The molecule has 2 aliphatic rings. The van der Waals surface area contributed by atoms with E-state index in [-0.39, 0.29) is 28.7 Å². The Morgan fingerprint density at radius 1 is 1.15 bits per heavy atom. The highest BCUT2D eigenvalue weighted by molar-refractivity contribution is 7.90. The van der Waals surface area contributed by atoms with E-state index in [2.05, 4.69) is 11.4 Å². The molecule has 1 aliphatic carbocycles. The van der Waals surface area contributed by atoms with Crippen molar-refractivity contribution < 1.29 is 22.7 Å². The zero-order chi connectivity index (χ0) is 28.6. The standard InChI is InChI=1S/C29H32N4O5S/c1-28(2,3)38-27(35)33-18-20-11-12-29(33,15-20)26(34)32-24(17-31)13-19-5-7-21(8-6-19)22-9-10-23(16-30)25(14-22)39(4,36)37/h5-10,14,20,24H,11-13,15,18H2,1-4H3,(H,32,34)/t20?,24-,29+/m0/s1. The Balaban J connectivity index is 1.47. The van der Waals surface area contributed by atoms with Gasteiger partial charge < -0.3 is 10.1 Å². The van der Waals surface area contributed by atoms with Gasteiger partial charge in [0.1, 0.15) is 23.3 Å². The Morgan fingerprint density at radius 3 is 2.38 bits per heavy atom. The summed E-state index contributed by atoms with van der Waals surface area (Å²) < 4.78 is 29.8. The summed E-state index contributed by atoms with van der Waals surface area (Å²) in [6.45, 7) is 5.83. The highest BCUT2D eigenvalue weighted by atomic mass is 32.2. The van der Waals surface area contributed by atoms with Gasteiger partial charge in [0.05, 0.1) is 16.5 Å². The SMILES string of the molecule is CC(C)(C)OC(=O)N1CC2CC[C@]1(C(=O)N[C@H](C#N)Cc1ccc(-c3ccc(C#N)c(S(C)(=O)=O)c3)cc1)C2. The van der Waals surface area contributed by atoms with Gasteiger partial charge in [0.25, 0.3) is 0 Å². The third kappa shape index (κ3) is 5.91. The normalized spacial score (nSPS) is 21.1. The molecule has 0 radical (unpaired) electrons. The average molecular weight is 549 g/mol. The quantitative estimate of drug-likeness (QED) is 0.576. The Bertz CT molecular complexity index is 1480. The number of nitrogens with one attached hydrogen (secondary N) is 1. The molecule has 39 heavy (non-hydrogen) atoms. The van der Waals surface area contributed by atoms with Crippen LogP contribution in [0.5, 0.6) is 0 Å². The molecule has 9 nitrogen and oxygen atoms in total. The van der Waals surface area contributed by atoms with Crippen LogP contribution in [0.2, 0.25) is 0 Å². The molecule has 1 unspecified atom stereocenters. The van der Waals surface area contributed by atoms with Crippen LogP contribution in [0.25, 0.3) is 11.1 Å². The number of piperidine rings is 1. The number of carbonyl (C=O) groups excluding carboxylic acids is 2.